The molecule has 0 spiro atoms. The highest BCUT2D eigenvalue weighted by molar-refractivity contribution is 7.89. The summed E-state index contributed by atoms with van der Waals surface area (Å²) >= 11 is 6.13. The van der Waals surface area contributed by atoms with Gasteiger partial charge in [0.15, 0.2) is 6.61 Å². The normalized spacial score (nSPS) is 11.1. The van der Waals surface area contributed by atoms with Crippen molar-refractivity contribution in [1.82, 2.24) is 4.72 Å². The quantitative estimate of drug-likeness (QED) is 0.438. The van der Waals surface area contributed by atoms with Crippen LogP contribution in [0.4, 0.5) is 5.69 Å². The van der Waals surface area contributed by atoms with Crippen molar-refractivity contribution in [3.63, 3.8) is 0 Å². The smallest absolute Gasteiger partial charge is 0.262 e. The van der Waals surface area contributed by atoms with Gasteiger partial charge >= 0.3 is 0 Å². The molecule has 7 nitrogen and oxygen atoms in total. The van der Waals surface area contributed by atoms with Crippen LogP contribution >= 0.6 is 11.6 Å². The van der Waals surface area contributed by atoms with Gasteiger partial charge in [0.05, 0.1) is 9.92 Å². The summed E-state index contributed by atoms with van der Waals surface area (Å²) in [5, 5.41) is 2.81. The first-order valence-corrected chi connectivity index (χ1v) is 11.8. The number of anilines is 1. The van der Waals surface area contributed by atoms with Gasteiger partial charge in [-0.05, 0) is 61.0 Å². The third kappa shape index (κ3) is 6.71. The van der Waals surface area contributed by atoms with Gasteiger partial charge in [0.25, 0.3) is 5.91 Å². The van der Waals surface area contributed by atoms with Crippen molar-refractivity contribution in [1.29, 1.82) is 0 Å². The Kier molecular flexibility index (Phi) is 8.10. The zero-order valence-corrected chi connectivity index (χ0v) is 18.9. The number of hydrogen-bond donors (Lipinski definition) is 2. The summed E-state index contributed by atoms with van der Waals surface area (Å²) in [5.74, 6) is 1.18. The zero-order chi connectivity index (χ0) is 23.0. The fourth-order valence-corrected chi connectivity index (χ4v) is 4.12. The highest BCUT2D eigenvalue weighted by Gasteiger charge is 2.16. The fraction of sp³-hybridized carbons (Fsp3) is 0.174. The number of carbonyl (C=O) groups excluding carboxylic acids is 1. The lowest BCUT2D eigenvalue weighted by atomic mass is 10.3. The summed E-state index contributed by atoms with van der Waals surface area (Å²) in [6, 6.07) is 20.4. The van der Waals surface area contributed by atoms with Crippen LogP contribution in [-0.4, -0.2) is 27.5 Å². The summed E-state index contributed by atoms with van der Waals surface area (Å²) in [6.07, 6.45) is 0.673. The Balaban J connectivity index is 1.53. The van der Waals surface area contributed by atoms with Gasteiger partial charge in [-0.25, -0.2) is 13.1 Å². The van der Waals surface area contributed by atoms with Crippen molar-refractivity contribution < 1.29 is 22.7 Å². The molecule has 0 radical (unpaired) electrons. The SMILES string of the molecule is CCCNS(=O)(=O)c1ccc(OCC(=O)Nc2ccc(Oc3ccccc3)cc2)c(Cl)c1. The highest BCUT2D eigenvalue weighted by Crippen LogP contribution is 2.27. The van der Waals surface area contributed by atoms with Crippen LogP contribution in [0.3, 0.4) is 0 Å². The maximum atomic E-state index is 12.2. The van der Waals surface area contributed by atoms with Gasteiger partial charge in [0.1, 0.15) is 17.2 Å². The Bertz CT molecular complexity index is 1150. The summed E-state index contributed by atoms with van der Waals surface area (Å²) < 4.78 is 38.0. The molecule has 0 bridgehead atoms. The molecular weight excluding hydrogens is 452 g/mol. The minimum absolute atomic E-state index is 0.0329. The summed E-state index contributed by atoms with van der Waals surface area (Å²) in [6.45, 7) is 1.91. The van der Waals surface area contributed by atoms with Crippen molar-refractivity contribution in [2.75, 3.05) is 18.5 Å². The van der Waals surface area contributed by atoms with E-state index in [-0.39, 0.29) is 28.2 Å². The molecule has 168 valence electrons. The van der Waals surface area contributed by atoms with E-state index in [9.17, 15) is 13.2 Å². The average Bonchev–Trinajstić information content (AvgIpc) is 2.79. The lowest BCUT2D eigenvalue weighted by Crippen LogP contribution is -2.24. The monoisotopic (exact) mass is 474 g/mol. The second-order valence-corrected chi connectivity index (χ2v) is 8.94. The Morgan fingerprint density at radius 3 is 2.31 bits per heavy atom. The molecule has 0 aromatic heterocycles. The summed E-state index contributed by atoms with van der Waals surface area (Å²) in [5.41, 5.74) is 0.577. The maximum Gasteiger partial charge on any atom is 0.262 e. The lowest BCUT2D eigenvalue weighted by Gasteiger charge is -2.11. The Labute approximate surface area is 192 Å². The second kappa shape index (κ2) is 11.0. The van der Waals surface area contributed by atoms with E-state index in [4.69, 9.17) is 21.1 Å². The summed E-state index contributed by atoms with van der Waals surface area (Å²) in [4.78, 5) is 12.2. The van der Waals surface area contributed by atoms with Crippen LogP contribution in [-0.2, 0) is 14.8 Å². The number of carbonyl (C=O) groups is 1. The van der Waals surface area contributed by atoms with E-state index in [1.165, 1.54) is 18.2 Å². The lowest BCUT2D eigenvalue weighted by molar-refractivity contribution is -0.118. The number of rotatable bonds is 10. The molecule has 0 fully saturated rings. The van der Waals surface area contributed by atoms with Gasteiger partial charge in [-0.1, -0.05) is 36.7 Å². The van der Waals surface area contributed by atoms with E-state index >= 15 is 0 Å². The zero-order valence-electron chi connectivity index (χ0n) is 17.4. The number of para-hydroxylation sites is 1. The number of sulfonamides is 1. The topological polar surface area (TPSA) is 93.7 Å². The first-order valence-electron chi connectivity index (χ1n) is 9.92. The van der Waals surface area contributed by atoms with E-state index in [1.54, 1.807) is 24.3 Å². The first-order chi connectivity index (χ1) is 15.4. The van der Waals surface area contributed by atoms with Crippen LogP contribution in [0.1, 0.15) is 13.3 Å². The first kappa shape index (κ1) is 23.6. The Hall–Kier alpha value is -3.07. The minimum Gasteiger partial charge on any atom is -0.482 e. The molecule has 0 heterocycles. The number of ether oxygens (including phenoxy) is 2. The minimum atomic E-state index is -3.64. The summed E-state index contributed by atoms with van der Waals surface area (Å²) in [7, 11) is -3.64. The van der Waals surface area contributed by atoms with Crippen LogP contribution in [0.15, 0.2) is 77.7 Å². The largest absolute Gasteiger partial charge is 0.482 e. The molecule has 0 aliphatic heterocycles. The molecular formula is C23H23ClN2O5S. The number of amides is 1. The molecule has 3 aromatic rings. The standard InChI is InChI=1S/C23H23ClN2O5S/c1-2-14-25-32(28,29)20-12-13-22(21(24)15-20)30-16-23(27)26-17-8-10-19(11-9-17)31-18-6-4-3-5-7-18/h3-13,15,25H,2,14,16H2,1H3,(H,26,27). The predicted molar refractivity (Wildman–Crippen MR) is 124 cm³/mol. The highest BCUT2D eigenvalue weighted by atomic mass is 35.5. The Morgan fingerprint density at radius 2 is 1.66 bits per heavy atom. The molecule has 9 heteroatoms. The van der Waals surface area contributed by atoms with E-state index in [0.717, 1.165) is 5.75 Å². The van der Waals surface area contributed by atoms with Crippen LogP contribution in [0, 0.1) is 0 Å². The van der Waals surface area contributed by atoms with Crippen molar-refractivity contribution >= 4 is 33.2 Å². The molecule has 1 amide bonds. The van der Waals surface area contributed by atoms with Gasteiger partial charge in [-0.3, -0.25) is 4.79 Å². The molecule has 0 aliphatic carbocycles. The van der Waals surface area contributed by atoms with Crippen LogP contribution < -0.4 is 19.5 Å². The third-order valence-corrected chi connectivity index (χ3v) is 5.99. The maximum absolute atomic E-state index is 12.2. The molecule has 3 rings (SSSR count). The van der Waals surface area contributed by atoms with Crippen molar-refractivity contribution in [2.45, 2.75) is 18.2 Å². The van der Waals surface area contributed by atoms with E-state index in [1.807, 2.05) is 37.3 Å². The van der Waals surface area contributed by atoms with Crippen molar-refractivity contribution in [3.05, 3.63) is 77.8 Å². The Morgan fingerprint density at radius 1 is 0.969 bits per heavy atom. The van der Waals surface area contributed by atoms with Crippen LogP contribution in [0.5, 0.6) is 17.2 Å². The molecule has 0 aliphatic rings. The molecule has 32 heavy (non-hydrogen) atoms. The third-order valence-electron chi connectivity index (χ3n) is 4.23. The fourth-order valence-electron chi connectivity index (χ4n) is 2.66. The number of hydrogen-bond acceptors (Lipinski definition) is 5. The average molecular weight is 475 g/mol. The van der Waals surface area contributed by atoms with Crippen LogP contribution in [0.25, 0.3) is 0 Å². The number of halogens is 1. The predicted octanol–water partition coefficient (Wildman–Crippen LogP) is 4.84. The van der Waals surface area contributed by atoms with Gasteiger partial charge in [-0.2, -0.15) is 0 Å². The van der Waals surface area contributed by atoms with Gasteiger partial charge in [0.2, 0.25) is 10.0 Å². The van der Waals surface area contributed by atoms with Crippen molar-refractivity contribution in [3.8, 4) is 17.2 Å². The molecule has 2 N–H and O–H groups in total. The van der Waals surface area contributed by atoms with Gasteiger partial charge in [0, 0.05) is 12.2 Å². The van der Waals surface area contributed by atoms with E-state index < -0.39 is 10.0 Å². The molecule has 0 saturated carbocycles. The number of nitrogens with one attached hydrogen (secondary N) is 2. The van der Waals surface area contributed by atoms with Gasteiger partial charge < -0.3 is 14.8 Å². The van der Waals surface area contributed by atoms with Crippen LogP contribution in [0.2, 0.25) is 5.02 Å². The second-order valence-electron chi connectivity index (χ2n) is 6.77. The molecule has 0 atom stereocenters. The van der Waals surface area contributed by atoms with E-state index in [0.29, 0.717) is 24.4 Å². The van der Waals surface area contributed by atoms with E-state index in [2.05, 4.69) is 10.0 Å². The molecule has 0 saturated heterocycles. The molecule has 0 unspecified atom stereocenters. The molecule has 3 aromatic carbocycles. The number of benzene rings is 3. The van der Waals surface area contributed by atoms with Gasteiger partial charge in [-0.15, -0.1) is 0 Å². The van der Waals surface area contributed by atoms with Crippen molar-refractivity contribution in [2.24, 2.45) is 0 Å².